The lowest BCUT2D eigenvalue weighted by Crippen LogP contribution is -2.36. The predicted molar refractivity (Wildman–Crippen MR) is 230 cm³/mol. The van der Waals surface area contributed by atoms with Crippen LogP contribution in [0.2, 0.25) is 0 Å². The van der Waals surface area contributed by atoms with E-state index in [0.717, 1.165) is 54.5 Å². The largest absolute Gasteiger partial charge is 0.426 e. The van der Waals surface area contributed by atoms with E-state index in [0.29, 0.717) is 69.9 Å². The highest BCUT2D eigenvalue weighted by atomic mass is 32.2. The van der Waals surface area contributed by atoms with E-state index >= 15 is 0 Å². The highest BCUT2D eigenvalue weighted by Crippen LogP contribution is 2.37. The van der Waals surface area contributed by atoms with Crippen molar-refractivity contribution in [1.29, 1.82) is 0 Å². The first kappa shape index (κ1) is 50.0. The van der Waals surface area contributed by atoms with Crippen molar-refractivity contribution in [2.45, 2.75) is 135 Å². The normalized spacial score (nSPS) is 16.8. The second kappa shape index (κ2) is 27.5. The number of benzene rings is 1. The molecule has 334 valence electrons. The molecule has 60 heavy (non-hydrogen) atoms. The summed E-state index contributed by atoms with van der Waals surface area (Å²) in [6.45, 7) is 12.2. The number of Topliss-reactive ketones (excluding diaryl/α,β-unsaturated/α-hetero) is 1. The second-order valence-corrected chi connectivity index (χ2v) is 17.1. The lowest BCUT2D eigenvalue weighted by Gasteiger charge is -2.25. The monoisotopic (exact) mass is 858 g/mol. The van der Waals surface area contributed by atoms with Crippen LogP contribution in [0.1, 0.15) is 127 Å². The van der Waals surface area contributed by atoms with Crippen LogP contribution in [0.15, 0.2) is 17.2 Å². The molecule has 17 nitrogen and oxygen atoms in total. The fourth-order valence-electron chi connectivity index (χ4n) is 6.98. The number of azide groups is 1. The fourth-order valence-corrected chi connectivity index (χ4v) is 8.52. The Bertz CT molecular complexity index is 1610. The summed E-state index contributed by atoms with van der Waals surface area (Å²) in [5.74, 6) is 0.272. The van der Waals surface area contributed by atoms with Gasteiger partial charge < -0.3 is 40.4 Å². The molecule has 3 rings (SSSR count). The van der Waals surface area contributed by atoms with Crippen LogP contribution >= 0.6 is 11.8 Å². The van der Waals surface area contributed by atoms with Gasteiger partial charge >= 0.3 is 12.0 Å². The van der Waals surface area contributed by atoms with Gasteiger partial charge in [0.15, 0.2) is 5.78 Å². The summed E-state index contributed by atoms with van der Waals surface area (Å²) in [5, 5.41) is 15.3. The number of carbonyl (C=O) groups excluding carboxylic acids is 6. The van der Waals surface area contributed by atoms with Crippen LogP contribution in [0.25, 0.3) is 10.4 Å². The Morgan fingerprint density at radius 1 is 0.883 bits per heavy atom. The van der Waals surface area contributed by atoms with Gasteiger partial charge in [-0.1, -0.05) is 57.8 Å². The van der Waals surface area contributed by atoms with Crippen LogP contribution < -0.4 is 26.0 Å². The Morgan fingerprint density at radius 2 is 1.55 bits per heavy atom. The Hall–Kier alpha value is -4.38. The summed E-state index contributed by atoms with van der Waals surface area (Å²) in [7, 11) is 0. The van der Waals surface area contributed by atoms with Crippen molar-refractivity contribution in [2.75, 3.05) is 58.4 Å². The summed E-state index contributed by atoms with van der Waals surface area (Å²) in [5.41, 5.74) is 10.9. The van der Waals surface area contributed by atoms with Crippen molar-refractivity contribution in [3.8, 4) is 5.75 Å². The summed E-state index contributed by atoms with van der Waals surface area (Å²) >= 11 is 1.88. The third kappa shape index (κ3) is 18.5. The van der Waals surface area contributed by atoms with E-state index in [1.54, 1.807) is 4.90 Å². The quantitative estimate of drug-likeness (QED) is 0.0146. The van der Waals surface area contributed by atoms with Crippen molar-refractivity contribution < 1.29 is 43.0 Å². The third-order valence-corrected chi connectivity index (χ3v) is 11.8. The van der Waals surface area contributed by atoms with Gasteiger partial charge in [0.1, 0.15) is 5.75 Å². The molecule has 3 atom stereocenters. The minimum absolute atomic E-state index is 0.00156. The first-order valence-electron chi connectivity index (χ1n) is 21.3. The van der Waals surface area contributed by atoms with Crippen LogP contribution in [-0.4, -0.2) is 116 Å². The lowest BCUT2D eigenvalue weighted by atomic mass is 9.91. The molecule has 2 fully saturated rings. The van der Waals surface area contributed by atoms with E-state index in [-0.39, 0.29) is 85.8 Å². The molecule has 0 bridgehead atoms. The van der Waals surface area contributed by atoms with Gasteiger partial charge in [0, 0.05) is 68.3 Å². The highest BCUT2D eigenvalue weighted by molar-refractivity contribution is 8.00. The average molecular weight is 859 g/mol. The minimum atomic E-state index is -0.540. The van der Waals surface area contributed by atoms with Gasteiger partial charge in [-0.25, -0.2) is 4.79 Å². The van der Waals surface area contributed by atoms with Crippen LogP contribution in [0.5, 0.6) is 5.75 Å². The number of nitrogens with one attached hydrogen (secondary N) is 4. The maximum Gasteiger partial charge on any atom is 0.315 e. The molecule has 2 aliphatic heterocycles. The number of fused-ring (bicyclic) bond motifs is 1. The molecule has 0 radical (unpaired) electrons. The smallest absolute Gasteiger partial charge is 0.315 e. The number of amides is 5. The van der Waals surface area contributed by atoms with Crippen LogP contribution in [0.3, 0.4) is 0 Å². The van der Waals surface area contributed by atoms with Crippen LogP contribution in [0.4, 0.5) is 4.79 Å². The molecule has 0 unspecified atom stereocenters. The summed E-state index contributed by atoms with van der Waals surface area (Å²) < 4.78 is 16.9. The number of nitrogens with zero attached hydrogens (tertiary/aromatic N) is 4. The number of rotatable bonds is 30. The van der Waals surface area contributed by atoms with E-state index in [1.807, 2.05) is 51.6 Å². The highest BCUT2D eigenvalue weighted by Gasteiger charge is 2.42. The summed E-state index contributed by atoms with van der Waals surface area (Å²) in [6.07, 6.45) is 5.39. The number of thioether (sulfide) groups is 1. The van der Waals surface area contributed by atoms with E-state index in [1.165, 1.54) is 6.92 Å². The van der Waals surface area contributed by atoms with Crippen molar-refractivity contribution in [3.63, 3.8) is 0 Å². The molecule has 0 aromatic heterocycles. The molecule has 0 spiro atoms. The number of esters is 1. The molecular weight excluding hydrogens is 793 g/mol. The molecule has 2 heterocycles. The van der Waals surface area contributed by atoms with Gasteiger partial charge in [-0.05, 0) is 59.7 Å². The molecule has 5 amide bonds. The Labute approximate surface area is 358 Å². The Morgan fingerprint density at radius 3 is 2.22 bits per heavy atom. The molecule has 1 aromatic carbocycles. The first-order valence-corrected chi connectivity index (χ1v) is 22.4. The molecular formula is C42H66N8O9S. The maximum absolute atomic E-state index is 13.0. The number of carbonyl (C=O) groups is 6. The number of ether oxygens (including phenoxy) is 3. The van der Waals surface area contributed by atoms with Gasteiger partial charge in [-0.15, -0.1) is 0 Å². The van der Waals surface area contributed by atoms with Gasteiger partial charge in [0.05, 0.1) is 51.5 Å². The van der Waals surface area contributed by atoms with Crippen molar-refractivity contribution >= 4 is 47.3 Å². The molecule has 0 aliphatic carbocycles. The number of ketones is 1. The number of hydrogen-bond donors (Lipinski definition) is 4. The van der Waals surface area contributed by atoms with Gasteiger partial charge in [-0.2, -0.15) is 11.8 Å². The van der Waals surface area contributed by atoms with Crippen molar-refractivity contribution in [1.82, 2.24) is 26.2 Å². The Kier molecular flexibility index (Phi) is 22.9. The molecule has 4 N–H and O–H groups in total. The minimum Gasteiger partial charge on any atom is -0.426 e. The molecule has 18 heteroatoms. The van der Waals surface area contributed by atoms with E-state index < -0.39 is 5.97 Å². The van der Waals surface area contributed by atoms with E-state index in [4.69, 9.17) is 19.7 Å². The molecule has 2 aliphatic rings. The summed E-state index contributed by atoms with van der Waals surface area (Å²) in [6, 6.07) is 4.22. The molecule has 2 saturated heterocycles. The van der Waals surface area contributed by atoms with Gasteiger partial charge in [0.2, 0.25) is 17.7 Å². The zero-order valence-corrected chi connectivity index (χ0v) is 36.9. The summed E-state index contributed by atoms with van der Waals surface area (Å²) in [4.78, 5) is 78.6. The number of urea groups is 1. The Balaban J connectivity index is 1.31. The molecule has 1 aromatic rings. The van der Waals surface area contributed by atoms with Crippen molar-refractivity contribution in [3.05, 3.63) is 39.3 Å². The second-order valence-electron chi connectivity index (χ2n) is 15.9. The van der Waals surface area contributed by atoms with Crippen molar-refractivity contribution in [2.24, 2.45) is 5.11 Å². The zero-order chi connectivity index (χ0) is 43.9. The SMILES string of the molecule is CC(=O)N(CCOCCOCCN=[N+]=[N-])Cc1cc(C(C)C)c(OC(=O)CCC(=O)CNC(=O)CCCCCNC(=O)CCCC[C@@H]2SC[C@@H]3NC(=O)N[C@@H]32)c(C(C)C)c1. The van der Waals surface area contributed by atoms with Crippen LogP contribution in [-0.2, 0) is 40.0 Å². The van der Waals surface area contributed by atoms with Gasteiger partial charge in [-0.3, -0.25) is 24.0 Å². The maximum atomic E-state index is 13.0. The van der Waals surface area contributed by atoms with Gasteiger partial charge in [0.25, 0.3) is 0 Å². The lowest BCUT2D eigenvalue weighted by molar-refractivity contribution is -0.136. The number of unbranched alkanes of at least 4 members (excludes halogenated alkanes) is 3. The average Bonchev–Trinajstić information content (AvgIpc) is 3.76. The van der Waals surface area contributed by atoms with Crippen LogP contribution in [0, 0.1) is 0 Å². The number of hydrogen-bond acceptors (Lipinski definition) is 11. The molecule has 0 saturated carbocycles. The standard InChI is InChI=1S/C42H66N8O9S/c1-28(2)33-23-31(26-50(30(5)51)18-20-58-22-21-57-19-17-46-49-43)24-34(29(3)4)41(33)59-39(55)15-14-32(52)25-45-38(54)12-7-6-10-16-44-37(53)13-9-8-11-36-40-35(27-60-36)47-42(56)48-40/h23-24,28-29,35-36,40H,6-22,25-27H2,1-5H3,(H,44,53)(H,45,54)(H2,47,48,56)/t35-,36-,40-/m0/s1. The zero-order valence-electron chi connectivity index (χ0n) is 36.1. The van der Waals surface area contributed by atoms with E-state index in [9.17, 15) is 28.8 Å². The fraction of sp³-hybridized carbons (Fsp3) is 0.714. The predicted octanol–water partition coefficient (Wildman–Crippen LogP) is 5.40. The topological polar surface area (TPSA) is 230 Å². The third-order valence-electron chi connectivity index (χ3n) is 10.3. The first-order chi connectivity index (χ1) is 28.8. The van der Waals surface area contributed by atoms with E-state index in [2.05, 4.69) is 31.3 Å².